The molecule has 0 aliphatic rings. The molecule has 0 bridgehead atoms. The van der Waals surface area contributed by atoms with Gasteiger partial charge in [-0.25, -0.2) is 0 Å². The van der Waals surface area contributed by atoms with Gasteiger partial charge in [0, 0.05) is 13.2 Å². The molecule has 0 amide bonds. The predicted octanol–water partition coefficient (Wildman–Crippen LogP) is 2.46. The third-order valence-electron chi connectivity index (χ3n) is 2.87. The van der Waals surface area contributed by atoms with E-state index in [1.807, 2.05) is 25.1 Å². The number of hydrogen-bond acceptors (Lipinski definition) is 4. The Labute approximate surface area is 115 Å². The summed E-state index contributed by atoms with van der Waals surface area (Å²) in [6.07, 6.45) is 1.53. The molecule has 0 aromatic heterocycles. The van der Waals surface area contributed by atoms with Crippen LogP contribution in [-0.2, 0) is 4.74 Å². The third kappa shape index (κ3) is 5.29. The zero-order valence-electron chi connectivity index (χ0n) is 11.6. The zero-order chi connectivity index (χ0) is 14.1. The third-order valence-corrected chi connectivity index (χ3v) is 2.87. The Balaban J connectivity index is 2.40. The van der Waals surface area contributed by atoms with E-state index >= 15 is 0 Å². The van der Waals surface area contributed by atoms with Crippen LogP contribution in [0.15, 0.2) is 18.2 Å². The molecule has 4 nitrogen and oxygen atoms in total. The van der Waals surface area contributed by atoms with Crippen molar-refractivity contribution in [3.63, 3.8) is 0 Å². The van der Waals surface area contributed by atoms with Crippen LogP contribution in [0.25, 0.3) is 0 Å². The molecule has 0 spiro atoms. The van der Waals surface area contributed by atoms with Gasteiger partial charge in [0.2, 0.25) is 0 Å². The van der Waals surface area contributed by atoms with E-state index in [4.69, 9.17) is 10.00 Å². The number of rotatable bonds is 8. The van der Waals surface area contributed by atoms with Crippen LogP contribution in [0.4, 0.5) is 5.69 Å². The van der Waals surface area contributed by atoms with E-state index in [0.717, 1.165) is 24.1 Å². The van der Waals surface area contributed by atoms with Crippen molar-refractivity contribution >= 4 is 5.69 Å². The summed E-state index contributed by atoms with van der Waals surface area (Å²) in [6, 6.07) is 7.80. The number of nitrogens with zero attached hydrogens (tertiary/aromatic N) is 1. The Morgan fingerprint density at radius 2 is 2.26 bits per heavy atom. The lowest BCUT2D eigenvalue weighted by atomic mass is 10.1. The van der Waals surface area contributed by atoms with Crippen LogP contribution in [0, 0.1) is 18.3 Å². The first-order chi connectivity index (χ1) is 9.19. The first-order valence-electron chi connectivity index (χ1n) is 6.68. The van der Waals surface area contributed by atoms with Crippen LogP contribution in [0.5, 0.6) is 0 Å². The van der Waals surface area contributed by atoms with E-state index in [2.05, 4.69) is 18.3 Å². The van der Waals surface area contributed by atoms with Crippen molar-refractivity contribution in [3.05, 3.63) is 29.3 Å². The largest absolute Gasteiger partial charge is 0.389 e. The highest BCUT2D eigenvalue weighted by molar-refractivity contribution is 5.60. The summed E-state index contributed by atoms with van der Waals surface area (Å²) in [4.78, 5) is 0. The molecule has 2 N–H and O–H groups in total. The van der Waals surface area contributed by atoms with Crippen molar-refractivity contribution in [3.8, 4) is 6.07 Å². The van der Waals surface area contributed by atoms with Crippen molar-refractivity contribution in [2.75, 3.05) is 25.1 Å². The van der Waals surface area contributed by atoms with Crippen LogP contribution >= 0.6 is 0 Å². The Morgan fingerprint density at radius 3 is 2.95 bits per heavy atom. The average molecular weight is 262 g/mol. The molecule has 0 fully saturated rings. The summed E-state index contributed by atoms with van der Waals surface area (Å²) in [6.45, 7) is 5.38. The van der Waals surface area contributed by atoms with E-state index in [-0.39, 0.29) is 0 Å². The van der Waals surface area contributed by atoms with Crippen molar-refractivity contribution in [2.45, 2.75) is 32.8 Å². The van der Waals surface area contributed by atoms with Crippen LogP contribution in [0.3, 0.4) is 0 Å². The maximum atomic E-state index is 9.77. The number of aliphatic hydroxyl groups is 1. The lowest BCUT2D eigenvalue weighted by molar-refractivity contribution is 0.0422. The highest BCUT2D eigenvalue weighted by Crippen LogP contribution is 2.18. The van der Waals surface area contributed by atoms with Gasteiger partial charge in [-0.2, -0.15) is 5.26 Å². The van der Waals surface area contributed by atoms with E-state index in [1.165, 1.54) is 0 Å². The fourth-order valence-electron chi connectivity index (χ4n) is 1.72. The summed E-state index contributed by atoms with van der Waals surface area (Å²) in [5.41, 5.74) is 2.32. The van der Waals surface area contributed by atoms with Gasteiger partial charge in [-0.05, 0) is 25.0 Å². The van der Waals surface area contributed by atoms with Gasteiger partial charge in [-0.15, -0.1) is 0 Å². The molecule has 1 aromatic rings. The van der Waals surface area contributed by atoms with Crippen LogP contribution in [0.2, 0.25) is 0 Å². The van der Waals surface area contributed by atoms with Crippen molar-refractivity contribution in [1.82, 2.24) is 0 Å². The number of benzene rings is 1. The molecule has 1 atom stereocenters. The van der Waals surface area contributed by atoms with E-state index in [0.29, 0.717) is 25.3 Å². The van der Waals surface area contributed by atoms with Gasteiger partial charge in [0.15, 0.2) is 0 Å². The number of anilines is 1. The summed E-state index contributed by atoms with van der Waals surface area (Å²) < 4.78 is 5.35. The number of ether oxygens (including phenoxy) is 1. The second kappa shape index (κ2) is 8.52. The maximum Gasteiger partial charge on any atom is 0.102 e. The topological polar surface area (TPSA) is 65.3 Å². The smallest absolute Gasteiger partial charge is 0.102 e. The predicted molar refractivity (Wildman–Crippen MR) is 76.1 cm³/mol. The molecule has 1 aromatic carbocycles. The van der Waals surface area contributed by atoms with E-state index in [9.17, 15) is 5.11 Å². The molecule has 1 unspecified atom stereocenters. The lowest BCUT2D eigenvalue weighted by Gasteiger charge is -2.14. The van der Waals surface area contributed by atoms with E-state index in [1.54, 1.807) is 0 Å². The molecule has 1 rings (SSSR count). The van der Waals surface area contributed by atoms with Crippen LogP contribution < -0.4 is 5.32 Å². The summed E-state index contributed by atoms with van der Waals surface area (Å²) in [7, 11) is 0. The zero-order valence-corrected chi connectivity index (χ0v) is 11.6. The van der Waals surface area contributed by atoms with Crippen molar-refractivity contribution < 1.29 is 9.84 Å². The normalized spacial score (nSPS) is 11.9. The molecular weight excluding hydrogens is 240 g/mol. The Kier molecular flexibility index (Phi) is 6.94. The maximum absolute atomic E-state index is 9.77. The van der Waals surface area contributed by atoms with Crippen LogP contribution in [-0.4, -0.2) is 31.0 Å². The monoisotopic (exact) mass is 262 g/mol. The SMILES string of the molecule is CCCCOCC(O)CNc1cccc(C)c1C#N. The van der Waals surface area contributed by atoms with Gasteiger partial charge in [-0.1, -0.05) is 25.5 Å². The highest BCUT2D eigenvalue weighted by Gasteiger charge is 2.07. The fraction of sp³-hybridized carbons (Fsp3) is 0.533. The molecule has 0 radical (unpaired) electrons. The number of nitrogens with one attached hydrogen (secondary N) is 1. The van der Waals surface area contributed by atoms with Gasteiger partial charge >= 0.3 is 0 Å². The molecule has 0 aliphatic heterocycles. The first kappa shape index (κ1) is 15.5. The minimum Gasteiger partial charge on any atom is -0.389 e. The quantitative estimate of drug-likeness (QED) is 0.706. The number of aliphatic hydroxyl groups excluding tert-OH is 1. The van der Waals surface area contributed by atoms with Gasteiger partial charge in [-0.3, -0.25) is 0 Å². The molecule has 19 heavy (non-hydrogen) atoms. The van der Waals surface area contributed by atoms with Crippen LogP contribution in [0.1, 0.15) is 30.9 Å². The second-order valence-electron chi connectivity index (χ2n) is 4.57. The minimum atomic E-state index is -0.566. The molecule has 0 heterocycles. The van der Waals surface area contributed by atoms with Gasteiger partial charge < -0.3 is 15.2 Å². The second-order valence-corrected chi connectivity index (χ2v) is 4.57. The van der Waals surface area contributed by atoms with Crippen molar-refractivity contribution in [1.29, 1.82) is 5.26 Å². The number of hydrogen-bond donors (Lipinski definition) is 2. The number of nitriles is 1. The summed E-state index contributed by atoms with van der Waals surface area (Å²) >= 11 is 0. The molecule has 0 saturated carbocycles. The fourth-order valence-corrected chi connectivity index (χ4v) is 1.72. The minimum absolute atomic E-state index is 0.320. The first-order valence-corrected chi connectivity index (χ1v) is 6.68. The number of unbranched alkanes of at least 4 members (excludes halogenated alkanes) is 1. The Bertz CT molecular complexity index is 427. The molecule has 104 valence electrons. The lowest BCUT2D eigenvalue weighted by Crippen LogP contribution is -2.25. The van der Waals surface area contributed by atoms with Gasteiger partial charge in [0.1, 0.15) is 6.07 Å². The molecular formula is C15H22N2O2. The van der Waals surface area contributed by atoms with Gasteiger partial charge in [0.05, 0.1) is 24.0 Å². The van der Waals surface area contributed by atoms with Gasteiger partial charge in [0.25, 0.3) is 0 Å². The van der Waals surface area contributed by atoms with E-state index < -0.39 is 6.10 Å². The summed E-state index contributed by atoms with van der Waals surface area (Å²) in [5, 5.41) is 22.0. The molecule has 4 heteroatoms. The summed E-state index contributed by atoms with van der Waals surface area (Å²) in [5.74, 6) is 0. The average Bonchev–Trinajstić information content (AvgIpc) is 2.41. The van der Waals surface area contributed by atoms with Crippen molar-refractivity contribution in [2.24, 2.45) is 0 Å². The molecule has 0 saturated heterocycles. The standard InChI is InChI=1S/C15H22N2O2/c1-3-4-8-19-11-13(18)10-17-15-7-5-6-12(2)14(15)9-16/h5-7,13,17-18H,3-4,8,10-11H2,1-2H3. The Morgan fingerprint density at radius 1 is 1.47 bits per heavy atom. The highest BCUT2D eigenvalue weighted by atomic mass is 16.5. The Hall–Kier alpha value is -1.57. The number of aryl methyl sites for hydroxylation is 1. The molecule has 0 aliphatic carbocycles.